The van der Waals surface area contributed by atoms with Gasteiger partial charge in [0, 0.05) is 22.7 Å². The molecule has 0 aliphatic carbocycles. The van der Waals surface area contributed by atoms with Crippen LogP contribution in [0.4, 0.5) is 10.1 Å². The smallest absolute Gasteiger partial charge is 0.227 e. The number of carbonyl (C=O) groups is 1. The Labute approximate surface area is 119 Å². The van der Waals surface area contributed by atoms with Crippen LogP contribution in [0.1, 0.15) is 13.3 Å². The first kappa shape index (κ1) is 13.7. The average Bonchev–Trinajstić information content (AvgIpc) is 2.33. The van der Waals surface area contributed by atoms with Crippen molar-refractivity contribution >= 4 is 34.2 Å². The van der Waals surface area contributed by atoms with Crippen LogP contribution in [0.5, 0.6) is 0 Å². The molecular weight excluding hydrogens is 348 g/mol. The van der Waals surface area contributed by atoms with Crippen LogP contribution in [0.2, 0.25) is 0 Å². The van der Waals surface area contributed by atoms with Crippen LogP contribution in [-0.4, -0.2) is 19.1 Å². The van der Waals surface area contributed by atoms with Gasteiger partial charge in [0.25, 0.3) is 0 Å². The summed E-state index contributed by atoms with van der Waals surface area (Å²) in [6.45, 7) is 3.26. The highest BCUT2D eigenvalue weighted by molar-refractivity contribution is 14.1. The minimum Gasteiger partial charge on any atom is -0.381 e. The fraction of sp³-hybridized carbons (Fsp3) is 0.462. The van der Waals surface area contributed by atoms with E-state index < -0.39 is 0 Å². The molecule has 1 aliphatic heterocycles. The zero-order chi connectivity index (χ0) is 13.1. The molecule has 0 bridgehead atoms. The molecule has 1 aromatic rings. The first-order valence-electron chi connectivity index (χ1n) is 5.91. The lowest BCUT2D eigenvalue weighted by Gasteiger charge is -2.27. The van der Waals surface area contributed by atoms with E-state index in [0.717, 1.165) is 6.42 Å². The Hall–Kier alpha value is -0.690. The number of nitrogens with one attached hydrogen (secondary N) is 1. The van der Waals surface area contributed by atoms with E-state index in [1.807, 2.05) is 29.5 Å². The molecule has 1 amide bonds. The van der Waals surface area contributed by atoms with Crippen LogP contribution < -0.4 is 5.32 Å². The molecule has 0 saturated carbocycles. The van der Waals surface area contributed by atoms with Gasteiger partial charge in [-0.15, -0.1) is 0 Å². The standard InChI is InChI=1S/C13H15FINO2/c1-8-7-18-5-4-10(8)13(17)16-12-3-2-9(14)6-11(12)15/h2-3,6,8,10H,4-5,7H2,1H3,(H,16,17). The normalized spacial score (nSPS) is 23.7. The average molecular weight is 363 g/mol. The Morgan fingerprint density at radius 2 is 2.33 bits per heavy atom. The van der Waals surface area contributed by atoms with Crippen molar-refractivity contribution in [2.45, 2.75) is 13.3 Å². The predicted molar refractivity (Wildman–Crippen MR) is 75.8 cm³/mol. The molecule has 1 fully saturated rings. The van der Waals surface area contributed by atoms with Crippen LogP contribution in [-0.2, 0) is 9.53 Å². The second-order valence-electron chi connectivity index (χ2n) is 4.56. The first-order chi connectivity index (χ1) is 8.58. The van der Waals surface area contributed by atoms with Crippen LogP contribution in [0.3, 0.4) is 0 Å². The fourth-order valence-corrected chi connectivity index (χ4v) is 2.70. The summed E-state index contributed by atoms with van der Waals surface area (Å²) in [7, 11) is 0. The van der Waals surface area contributed by atoms with E-state index >= 15 is 0 Å². The third-order valence-electron chi connectivity index (χ3n) is 3.17. The van der Waals surface area contributed by atoms with Crippen LogP contribution in [0.15, 0.2) is 18.2 Å². The Balaban J connectivity index is 2.06. The zero-order valence-electron chi connectivity index (χ0n) is 10.1. The lowest BCUT2D eigenvalue weighted by atomic mass is 9.89. The number of hydrogen-bond donors (Lipinski definition) is 1. The van der Waals surface area contributed by atoms with Crippen LogP contribution >= 0.6 is 22.6 Å². The van der Waals surface area contributed by atoms with E-state index in [0.29, 0.717) is 22.5 Å². The molecule has 2 atom stereocenters. The van der Waals surface area contributed by atoms with Gasteiger partial charge in [-0.3, -0.25) is 4.79 Å². The molecule has 1 N–H and O–H groups in total. The molecule has 18 heavy (non-hydrogen) atoms. The van der Waals surface area contributed by atoms with Gasteiger partial charge in [-0.2, -0.15) is 0 Å². The molecule has 5 heteroatoms. The molecule has 2 unspecified atom stereocenters. The molecule has 98 valence electrons. The molecule has 1 saturated heterocycles. The number of anilines is 1. The zero-order valence-corrected chi connectivity index (χ0v) is 12.2. The summed E-state index contributed by atoms with van der Waals surface area (Å²) >= 11 is 2.02. The maximum atomic E-state index is 13.0. The third kappa shape index (κ3) is 3.20. The number of benzene rings is 1. The van der Waals surface area contributed by atoms with Gasteiger partial charge in [-0.25, -0.2) is 4.39 Å². The maximum Gasteiger partial charge on any atom is 0.227 e. The quantitative estimate of drug-likeness (QED) is 0.821. The van der Waals surface area contributed by atoms with Gasteiger partial charge in [0.1, 0.15) is 5.82 Å². The molecule has 1 aromatic carbocycles. The molecular formula is C13H15FINO2. The number of carbonyl (C=O) groups excluding carboxylic acids is 1. The van der Waals surface area contributed by atoms with Gasteiger partial charge in [-0.05, 0) is 53.1 Å². The summed E-state index contributed by atoms with van der Waals surface area (Å²) in [5.74, 6) is -0.108. The molecule has 0 radical (unpaired) electrons. The molecule has 0 aromatic heterocycles. The Bertz CT molecular complexity index is 453. The summed E-state index contributed by atoms with van der Waals surface area (Å²) in [6.07, 6.45) is 0.741. The number of halogens is 2. The van der Waals surface area contributed by atoms with Gasteiger partial charge in [0.05, 0.1) is 5.69 Å². The van der Waals surface area contributed by atoms with Gasteiger partial charge in [0.2, 0.25) is 5.91 Å². The van der Waals surface area contributed by atoms with Crippen LogP contribution in [0.25, 0.3) is 0 Å². The van der Waals surface area contributed by atoms with Crippen molar-refractivity contribution in [1.82, 2.24) is 0 Å². The first-order valence-corrected chi connectivity index (χ1v) is 6.99. The van der Waals surface area contributed by atoms with E-state index in [2.05, 4.69) is 5.32 Å². The Kier molecular flexibility index (Phi) is 4.55. The monoisotopic (exact) mass is 363 g/mol. The molecule has 1 aliphatic rings. The van der Waals surface area contributed by atoms with Crippen molar-refractivity contribution in [3.05, 3.63) is 27.6 Å². The third-order valence-corrected chi connectivity index (χ3v) is 4.06. The van der Waals surface area contributed by atoms with Gasteiger partial charge >= 0.3 is 0 Å². The minimum atomic E-state index is -0.295. The highest BCUT2D eigenvalue weighted by Crippen LogP contribution is 2.25. The number of hydrogen-bond acceptors (Lipinski definition) is 2. The second kappa shape index (κ2) is 5.97. The van der Waals surface area contributed by atoms with E-state index in [1.165, 1.54) is 12.1 Å². The van der Waals surface area contributed by atoms with E-state index in [-0.39, 0.29) is 23.6 Å². The summed E-state index contributed by atoms with van der Waals surface area (Å²) in [4.78, 5) is 12.2. The van der Waals surface area contributed by atoms with Crippen molar-refractivity contribution < 1.29 is 13.9 Å². The summed E-state index contributed by atoms with van der Waals surface area (Å²) < 4.78 is 19.0. The predicted octanol–water partition coefficient (Wildman–Crippen LogP) is 3.04. The van der Waals surface area contributed by atoms with Crippen molar-refractivity contribution in [3.63, 3.8) is 0 Å². The SMILES string of the molecule is CC1COCCC1C(=O)Nc1ccc(F)cc1I. The number of ether oxygens (including phenoxy) is 1. The highest BCUT2D eigenvalue weighted by atomic mass is 127. The lowest BCUT2D eigenvalue weighted by molar-refractivity contribution is -0.125. The molecule has 0 spiro atoms. The van der Waals surface area contributed by atoms with Crippen molar-refractivity contribution in [1.29, 1.82) is 0 Å². The van der Waals surface area contributed by atoms with Gasteiger partial charge < -0.3 is 10.1 Å². The molecule has 2 rings (SSSR count). The highest BCUT2D eigenvalue weighted by Gasteiger charge is 2.28. The van der Waals surface area contributed by atoms with Gasteiger partial charge in [0.15, 0.2) is 0 Å². The van der Waals surface area contributed by atoms with E-state index in [4.69, 9.17) is 4.74 Å². The second-order valence-corrected chi connectivity index (χ2v) is 5.72. The van der Waals surface area contributed by atoms with Crippen molar-refractivity contribution in [2.75, 3.05) is 18.5 Å². The van der Waals surface area contributed by atoms with Gasteiger partial charge in [-0.1, -0.05) is 6.92 Å². The van der Waals surface area contributed by atoms with Crippen molar-refractivity contribution in [2.24, 2.45) is 11.8 Å². The maximum absolute atomic E-state index is 13.0. The summed E-state index contributed by atoms with van der Waals surface area (Å²) in [5.41, 5.74) is 0.667. The summed E-state index contributed by atoms with van der Waals surface area (Å²) in [5, 5.41) is 2.87. The molecule has 3 nitrogen and oxygen atoms in total. The van der Waals surface area contributed by atoms with E-state index in [9.17, 15) is 9.18 Å². The Morgan fingerprint density at radius 1 is 1.56 bits per heavy atom. The Morgan fingerprint density at radius 3 is 3.00 bits per heavy atom. The molecule has 1 heterocycles. The fourth-order valence-electron chi connectivity index (χ4n) is 2.09. The van der Waals surface area contributed by atoms with E-state index in [1.54, 1.807) is 6.07 Å². The summed E-state index contributed by atoms with van der Waals surface area (Å²) in [6, 6.07) is 4.35. The van der Waals surface area contributed by atoms with Crippen molar-refractivity contribution in [3.8, 4) is 0 Å². The van der Waals surface area contributed by atoms with Crippen LogP contribution in [0, 0.1) is 21.2 Å². The number of amides is 1. The lowest BCUT2D eigenvalue weighted by Crippen LogP contribution is -2.35. The largest absolute Gasteiger partial charge is 0.381 e. The topological polar surface area (TPSA) is 38.3 Å². The minimum absolute atomic E-state index is 0.00433. The number of rotatable bonds is 2.